The molecule has 90 valence electrons. The maximum absolute atomic E-state index is 5.85. The van der Waals surface area contributed by atoms with Crippen LogP contribution in [0.25, 0.3) is 0 Å². The molecule has 1 aromatic rings. The number of nitrogens with one attached hydrogen (secondary N) is 1. The van der Waals surface area contributed by atoms with E-state index >= 15 is 0 Å². The van der Waals surface area contributed by atoms with E-state index in [1.54, 1.807) is 0 Å². The molecule has 2 rings (SSSR count). The minimum atomic E-state index is 0.538. The maximum atomic E-state index is 5.85. The average molecular weight is 239 g/mol. The summed E-state index contributed by atoms with van der Waals surface area (Å²) in [6.45, 7) is 7.16. The zero-order valence-corrected chi connectivity index (χ0v) is 11.0. The van der Waals surface area contributed by atoms with Gasteiger partial charge in [-0.1, -0.05) is 6.92 Å². The molecule has 16 heavy (non-hydrogen) atoms. The summed E-state index contributed by atoms with van der Waals surface area (Å²) < 4.78 is 5.85. The topological polar surface area (TPSA) is 21.3 Å². The van der Waals surface area contributed by atoms with Crippen LogP contribution in [-0.4, -0.2) is 12.6 Å². The smallest absolute Gasteiger partial charge is 0.0731 e. The quantitative estimate of drug-likeness (QED) is 0.823. The van der Waals surface area contributed by atoms with Crippen molar-refractivity contribution in [1.29, 1.82) is 0 Å². The molecule has 1 aliphatic rings. The van der Waals surface area contributed by atoms with Gasteiger partial charge < -0.3 is 10.1 Å². The van der Waals surface area contributed by atoms with Gasteiger partial charge in [-0.15, -0.1) is 11.3 Å². The molecule has 0 unspecified atom stereocenters. The molecule has 0 aliphatic heterocycles. The molecule has 0 bridgehead atoms. The molecular weight excluding hydrogens is 218 g/mol. The maximum Gasteiger partial charge on any atom is 0.0731 e. The highest BCUT2D eigenvalue weighted by Crippen LogP contribution is 2.26. The lowest BCUT2D eigenvalue weighted by molar-refractivity contribution is -0.00871. The summed E-state index contributed by atoms with van der Waals surface area (Å²) in [4.78, 5) is 2.83. The fourth-order valence-corrected chi connectivity index (χ4v) is 2.83. The Morgan fingerprint density at radius 2 is 2.31 bits per heavy atom. The Balaban J connectivity index is 1.84. The van der Waals surface area contributed by atoms with E-state index in [0.717, 1.165) is 19.7 Å². The van der Waals surface area contributed by atoms with Crippen molar-refractivity contribution in [2.45, 2.75) is 52.4 Å². The largest absolute Gasteiger partial charge is 0.374 e. The van der Waals surface area contributed by atoms with Gasteiger partial charge in [0.15, 0.2) is 0 Å². The van der Waals surface area contributed by atoms with Gasteiger partial charge in [0.2, 0.25) is 0 Å². The average Bonchev–Trinajstić information content (AvgIpc) is 2.54. The molecule has 0 radical (unpaired) electrons. The monoisotopic (exact) mass is 239 g/mol. The molecule has 2 nitrogen and oxygen atoms in total. The normalized spacial score (nSPS) is 16.4. The van der Waals surface area contributed by atoms with Crippen LogP contribution in [0.15, 0.2) is 6.07 Å². The van der Waals surface area contributed by atoms with E-state index in [0.29, 0.717) is 6.10 Å². The van der Waals surface area contributed by atoms with Gasteiger partial charge in [0, 0.05) is 16.3 Å². The highest BCUT2D eigenvalue weighted by atomic mass is 32.1. The van der Waals surface area contributed by atoms with Gasteiger partial charge in [0.25, 0.3) is 0 Å². The van der Waals surface area contributed by atoms with Crippen molar-refractivity contribution in [3.05, 3.63) is 21.4 Å². The van der Waals surface area contributed by atoms with Crippen LogP contribution in [0, 0.1) is 6.92 Å². The SMILES string of the molecule is CCNCc1cc(COC2CCC2)c(C)s1. The van der Waals surface area contributed by atoms with Crippen LogP contribution in [-0.2, 0) is 17.9 Å². The van der Waals surface area contributed by atoms with Gasteiger partial charge in [-0.05, 0) is 44.4 Å². The predicted octanol–water partition coefficient (Wildman–Crippen LogP) is 3.24. The highest BCUT2D eigenvalue weighted by molar-refractivity contribution is 7.12. The molecule has 1 aliphatic carbocycles. The summed E-state index contributed by atoms with van der Waals surface area (Å²) >= 11 is 1.89. The number of hydrogen-bond donors (Lipinski definition) is 1. The third-order valence-electron chi connectivity index (χ3n) is 3.15. The van der Waals surface area contributed by atoms with Crippen LogP contribution in [0.2, 0.25) is 0 Å². The van der Waals surface area contributed by atoms with Gasteiger partial charge in [0.05, 0.1) is 12.7 Å². The number of ether oxygens (including phenoxy) is 1. The van der Waals surface area contributed by atoms with Crippen LogP contribution in [0.1, 0.15) is 41.5 Å². The third kappa shape index (κ3) is 3.06. The first-order valence-corrected chi connectivity index (χ1v) is 7.01. The molecule has 0 atom stereocenters. The Morgan fingerprint density at radius 1 is 1.50 bits per heavy atom. The molecule has 0 saturated heterocycles. The Labute approximate surface area is 102 Å². The summed E-state index contributed by atoms with van der Waals surface area (Å²) in [5.74, 6) is 0. The van der Waals surface area contributed by atoms with Crippen molar-refractivity contribution in [2.24, 2.45) is 0 Å². The standard InChI is InChI=1S/C13H21NOS/c1-3-14-8-13-7-11(10(2)16-13)9-15-12-5-4-6-12/h7,12,14H,3-6,8-9H2,1-2H3. The number of aryl methyl sites for hydroxylation is 1. The Bertz CT molecular complexity index is 331. The second kappa shape index (κ2) is 5.80. The predicted molar refractivity (Wildman–Crippen MR) is 68.9 cm³/mol. The molecule has 1 fully saturated rings. The van der Waals surface area contributed by atoms with Crippen molar-refractivity contribution in [1.82, 2.24) is 5.32 Å². The minimum Gasteiger partial charge on any atom is -0.374 e. The lowest BCUT2D eigenvalue weighted by Crippen LogP contribution is -2.21. The Morgan fingerprint density at radius 3 is 2.94 bits per heavy atom. The molecule has 1 saturated carbocycles. The Hall–Kier alpha value is -0.380. The fraction of sp³-hybridized carbons (Fsp3) is 0.692. The lowest BCUT2D eigenvalue weighted by Gasteiger charge is -2.25. The van der Waals surface area contributed by atoms with Crippen molar-refractivity contribution in [3.8, 4) is 0 Å². The number of thiophene rings is 1. The van der Waals surface area contributed by atoms with Crippen LogP contribution >= 0.6 is 11.3 Å². The first kappa shape index (κ1) is 12.1. The van der Waals surface area contributed by atoms with Gasteiger partial charge >= 0.3 is 0 Å². The zero-order chi connectivity index (χ0) is 11.4. The van der Waals surface area contributed by atoms with Gasteiger partial charge in [-0.25, -0.2) is 0 Å². The first-order valence-electron chi connectivity index (χ1n) is 6.20. The van der Waals surface area contributed by atoms with Crippen LogP contribution < -0.4 is 5.32 Å². The highest BCUT2D eigenvalue weighted by Gasteiger charge is 2.18. The summed E-state index contributed by atoms with van der Waals surface area (Å²) in [6, 6.07) is 2.29. The van der Waals surface area contributed by atoms with Gasteiger partial charge in [-0.3, -0.25) is 0 Å². The molecule has 1 N–H and O–H groups in total. The van der Waals surface area contributed by atoms with E-state index in [2.05, 4.69) is 25.2 Å². The van der Waals surface area contributed by atoms with E-state index in [1.165, 1.54) is 34.6 Å². The van der Waals surface area contributed by atoms with Crippen LogP contribution in [0.5, 0.6) is 0 Å². The van der Waals surface area contributed by atoms with Crippen molar-refractivity contribution in [2.75, 3.05) is 6.54 Å². The fourth-order valence-electron chi connectivity index (χ4n) is 1.81. The van der Waals surface area contributed by atoms with Crippen molar-refractivity contribution < 1.29 is 4.74 Å². The molecular formula is C13H21NOS. The van der Waals surface area contributed by atoms with Gasteiger partial charge in [-0.2, -0.15) is 0 Å². The van der Waals surface area contributed by atoms with E-state index in [1.807, 2.05) is 11.3 Å². The van der Waals surface area contributed by atoms with Crippen molar-refractivity contribution in [3.63, 3.8) is 0 Å². The molecule has 0 aromatic carbocycles. The lowest BCUT2D eigenvalue weighted by atomic mass is 9.96. The molecule has 0 amide bonds. The van der Waals surface area contributed by atoms with Gasteiger partial charge in [0.1, 0.15) is 0 Å². The van der Waals surface area contributed by atoms with E-state index in [9.17, 15) is 0 Å². The Kier molecular flexibility index (Phi) is 4.38. The number of rotatable bonds is 6. The minimum absolute atomic E-state index is 0.538. The van der Waals surface area contributed by atoms with E-state index in [-0.39, 0.29) is 0 Å². The molecule has 1 aromatic heterocycles. The molecule has 1 heterocycles. The van der Waals surface area contributed by atoms with Crippen LogP contribution in [0.4, 0.5) is 0 Å². The summed E-state index contributed by atoms with van der Waals surface area (Å²) in [7, 11) is 0. The molecule has 0 spiro atoms. The third-order valence-corrected chi connectivity index (χ3v) is 4.24. The number of hydrogen-bond acceptors (Lipinski definition) is 3. The summed E-state index contributed by atoms with van der Waals surface area (Å²) in [5.41, 5.74) is 1.38. The van der Waals surface area contributed by atoms with E-state index in [4.69, 9.17) is 4.74 Å². The summed E-state index contributed by atoms with van der Waals surface area (Å²) in [5, 5.41) is 3.36. The van der Waals surface area contributed by atoms with Crippen molar-refractivity contribution >= 4 is 11.3 Å². The first-order chi connectivity index (χ1) is 7.79. The second-order valence-corrected chi connectivity index (χ2v) is 5.78. The van der Waals surface area contributed by atoms with Crippen LogP contribution in [0.3, 0.4) is 0 Å². The zero-order valence-electron chi connectivity index (χ0n) is 10.2. The summed E-state index contributed by atoms with van der Waals surface area (Å²) in [6.07, 6.45) is 4.40. The molecule has 3 heteroatoms. The second-order valence-electron chi connectivity index (χ2n) is 4.44. The van der Waals surface area contributed by atoms with E-state index < -0.39 is 0 Å².